The van der Waals surface area contributed by atoms with Crippen molar-refractivity contribution in [3.8, 4) is 5.75 Å². The molecule has 0 N–H and O–H groups in total. The first-order chi connectivity index (χ1) is 14.9. The summed E-state index contributed by atoms with van der Waals surface area (Å²) in [4.78, 5) is 13.3. The number of allylic oxidation sites excluding steroid dienone is 1. The zero-order valence-corrected chi connectivity index (χ0v) is 18.7. The Hall–Kier alpha value is -1.77. The summed E-state index contributed by atoms with van der Waals surface area (Å²) in [6, 6.07) is 7.81. The van der Waals surface area contributed by atoms with Crippen molar-refractivity contribution in [2.24, 2.45) is 11.8 Å². The van der Waals surface area contributed by atoms with Gasteiger partial charge in [0.2, 0.25) is 0 Å². The summed E-state index contributed by atoms with van der Waals surface area (Å²) in [5.74, 6) is -0.159. The Bertz CT molecular complexity index is 801. The van der Waals surface area contributed by atoms with Crippen LogP contribution in [-0.4, -0.2) is 57.5 Å². The minimum atomic E-state index is -0.818. The number of ether oxygens (including phenoxy) is 6. The number of Topliss-reactive ketones (excluding diaryl/α,β-unsaturated/α-hetero) is 1. The van der Waals surface area contributed by atoms with Gasteiger partial charge in [-0.3, -0.25) is 4.79 Å². The maximum Gasteiger partial charge on any atom is 0.168 e. The standard InChI is InChI=1S/C24H32O7/c1-24(2)30-22-20(25)18-7-5-6-16(19(18)21(23(22)31-24)29-14-26-3)13-28-12-15-8-10-17(27-4)11-9-15/h6,8-11,18-19,21-23H,5,7,12-14H2,1-4H3/t18-,19+,21-,22-,23-/m0/s1. The van der Waals surface area contributed by atoms with Crippen LogP contribution in [0.1, 0.15) is 32.3 Å². The van der Waals surface area contributed by atoms with Crippen LogP contribution in [0.3, 0.4) is 0 Å². The molecule has 3 aliphatic rings. The number of carbonyl (C=O) groups is 1. The Kier molecular flexibility index (Phi) is 6.79. The summed E-state index contributed by atoms with van der Waals surface area (Å²) in [6.07, 6.45) is 2.43. The van der Waals surface area contributed by atoms with Gasteiger partial charge in [0, 0.05) is 18.9 Å². The number of benzene rings is 1. The molecule has 5 atom stereocenters. The predicted molar refractivity (Wildman–Crippen MR) is 113 cm³/mol. The van der Waals surface area contributed by atoms with Crippen LogP contribution >= 0.6 is 0 Å². The molecule has 7 heteroatoms. The normalized spacial score (nSPS) is 31.7. The van der Waals surface area contributed by atoms with E-state index in [2.05, 4.69) is 6.08 Å². The fourth-order valence-corrected chi connectivity index (χ4v) is 4.96. The minimum absolute atomic E-state index is 0.106. The zero-order chi connectivity index (χ0) is 22.0. The number of carbonyl (C=O) groups excluding carboxylic acids is 1. The Morgan fingerprint density at radius 2 is 1.87 bits per heavy atom. The van der Waals surface area contributed by atoms with E-state index in [9.17, 15) is 4.79 Å². The van der Waals surface area contributed by atoms with E-state index in [1.807, 2.05) is 38.1 Å². The number of hydrogen-bond acceptors (Lipinski definition) is 7. The third kappa shape index (κ3) is 4.71. The van der Waals surface area contributed by atoms with E-state index in [0.29, 0.717) is 13.2 Å². The number of hydrogen-bond donors (Lipinski definition) is 0. The van der Waals surface area contributed by atoms with Gasteiger partial charge in [-0.25, -0.2) is 0 Å². The highest BCUT2D eigenvalue weighted by atomic mass is 16.8. The van der Waals surface area contributed by atoms with E-state index in [-0.39, 0.29) is 30.5 Å². The fraction of sp³-hybridized carbons (Fsp3) is 0.625. The highest BCUT2D eigenvalue weighted by molar-refractivity contribution is 5.88. The van der Waals surface area contributed by atoms with E-state index < -0.39 is 18.0 Å². The largest absolute Gasteiger partial charge is 0.497 e. The molecule has 0 spiro atoms. The number of fused-ring (bicyclic) bond motifs is 2. The Morgan fingerprint density at radius 3 is 2.58 bits per heavy atom. The maximum atomic E-state index is 13.3. The third-order valence-corrected chi connectivity index (χ3v) is 6.27. The molecule has 0 bridgehead atoms. The molecule has 7 nitrogen and oxygen atoms in total. The topological polar surface area (TPSA) is 72.5 Å². The average molecular weight is 433 g/mol. The molecule has 170 valence electrons. The van der Waals surface area contributed by atoms with Crippen molar-refractivity contribution in [2.75, 3.05) is 27.6 Å². The molecule has 0 radical (unpaired) electrons. The lowest BCUT2D eigenvalue weighted by Crippen LogP contribution is -2.57. The SMILES string of the molecule is COCO[C@@H]1[C@@H]2OC(C)(C)O[C@H]2C(=O)[C@H]2CCC=C(COCc3ccc(OC)cc3)[C@@H]12. The van der Waals surface area contributed by atoms with Gasteiger partial charge in [0.1, 0.15) is 24.8 Å². The number of rotatable bonds is 8. The second-order valence-corrected chi connectivity index (χ2v) is 8.79. The molecule has 4 rings (SSSR count). The van der Waals surface area contributed by atoms with Crippen molar-refractivity contribution in [3.05, 3.63) is 41.5 Å². The van der Waals surface area contributed by atoms with Crippen LogP contribution in [0.25, 0.3) is 0 Å². The second kappa shape index (κ2) is 9.38. The van der Waals surface area contributed by atoms with Crippen molar-refractivity contribution in [3.63, 3.8) is 0 Å². The highest BCUT2D eigenvalue weighted by Crippen LogP contribution is 2.47. The molecular formula is C24H32O7. The molecule has 1 heterocycles. The lowest BCUT2D eigenvalue weighted by molar-refractivity contribution is -0.181. The van der Waals surface area contributed by atoms with Crippen LogP contribution < -0.4 is 4.74 Å². The van der Waals surface area contributed by atoms with E-state index in [4.69, 9.17) is 28.4 Å². The van der Waals surface area contributed by atoms with Crippen molar-refractivity contribution in [2.45, 2.75) is 57.4 Å². The summed E-state index contributed by atoms with van der Waals surface area (Å²) in [5.41, 5.74) is 2.15. The van der Waals surface area contributed by atoms with Gasteiger partial charge in [-0.15, -0.1) is 0 Å². The van der Waals surface area contributed by atoms with Gasteiger partial charge in [-0.1, -0.05) is 18.2 Å². The first-order valence-electron chi connectivity index (χ1n) is 10.8. The van der Waals surface area contributed by atoms with Crippen molar-refractivity contribution < 1.29 is 33.2 Å². The quantitative estimate of drug-likeness (QED) is 0.461. The van der Waals surface area contributed by atoms with Crippen LogP contribution in [0.2, 0.25) is 0 Å². The molecular weight excluding hydrogens is 400 g/mol. The predicted octanol–water partition coefficient (Wildman–Crippen LogP) is 3.26. The number of ketones is 1. The Morgan fingerprint density at radius 1 is 1.10 bits per heavy atom. The molecule has 2 fully saturated rings. The zero-order valence-electron chi connectivity index (χ0n) is 18.7. The lowest BCUT2D eigenvalue weighted by Gasteiger charge is -2.44. The Balaban J connectivity index is 1.49. The molecule has 1 aromatic rings. The summed E-state index contributed by atoms with van der Waals surface area (Å²) in [7, 11) is 3.24. The molecule has 1 saturated carbocycles. The molecule has 2 aliphatic carbocycles. The van der Waals surface area contributed by atoms with E-state index in [1.54, 1.807) is 14.2 Å². The fourth-order valence-electron chi connectivity index (χ4n) is 4.96. The minimum Gasteiger partial charge on any atom is -0.497 e. The average Bonchev–Trinajstić information content (AvgIpc) is 3.10. The smallest absolute Gasteiger partial charge is 0.168 e. The summed E-state index contributed by atoms with van der Waals surface area (Å²) in [5, 5.41) is 0. The molecule has 0 amide bonds. The summed E-state index contributed by atoms with van der Waals surface area (Å²) in [6.45, 7) is 4.73. The Labute approximate surface area is 183 Å². The number of methoxy groups -OCH3 is 2. The van der Waals surface area contributed by atoms with Crippen molar-refractivity contribution in [1.29, 1.82) is 0 Å². The first-order valence-corrected chi connectivity index (χ1v) is 10.8. The van der Waals surface area contributed by atoms with Gasteiger partial charge in [-0.2, -0.15) is 0 Å². The van der Waals surface area contributed by atoms with Crippen LogP contribution in [-0.2, 0) is 35.1 Å². The van der Waals surface area contributed by atoms with Crippen molar-refractivity contribution in [1.82, 2.24) is 0 Å². The van der Waals surface area contributed by atoms with Gasteiger partial charge in [0.05, 0.1) is 26.4 Å². The van der Waals surface area contributed by atoms with Gasteiger partial charge < -0.3 is 28.4 Å². The second-order valence-electron chi connectivity index (χ2n) is 8.79. The molecule has 0 aromatic heterocycles. The maximum absolute atomic E-state index is 13.3. The molecule has 31 heavy (non-hydrogen) atoms. The third-order valence-electron chi connectivity index (χ3n) is 6.27. The van der Waals surface area contributed by atoms with Gasteiger partial charge in [0.15, 0.2) is 11.6 Å². The summed E-state index contributed by atoms with van der Waals surface area (Å²) >= 11 is 0. The van der Waals surface area contributed by atoms with E-state index in [0.717, 1.165) is 29.7 Å². The molecule has 1 aliphatic heterocycles. The lowest BCUT2D eigenvalue weighted by atomic mass is 9.66. The van der Waals surface area contributed by atoms with Crippen molar-refractivity contribution >= 4 is 5.78 Å². The molecule has 1 saturated heterocycles. The van der Waals surface area contributed by atoms with Crippen LogP contribution in [0.5, 0.6) is 5.75 Å². The highest BCUT2D eigenvalue weighted by Gasteiger charge is 2.59. The molecule has 1 aromatic carbocycles. The van der Waals surface area contributed by atoms with E-state index in [1.165, 1.54) is 0 Å². The molecule has 0 unspecified atom stereocenters. The van der Waals surface area contributed by atoms with Crippen LogP contribution in [0, 0.1) is 11.8 Å². The first kappa shape index (κ1) is 22.4. The van der Waals surface area contributed by atoms with Crippen LogP contribution in [0.4, 0.5) is 0 Å². The van der Waals surface area contributed by atoms with Gasteiger partial charge in [-0.05, 0) is 50.0 Å². The van der Waals surface area contributed by atoms with Gasteiger partial charge in [0.25, 0.3) is 0 Å². The van der Waals surface area contributed by atoms with E-state index >= 15 is 0 Å². The van der Waals surface area contributed by atoms with Crippen LogP contribution in [0.15, 0.2) is 35.9 Å². The van der Waals surface area contributed by atoms with Gasteiger partial charge >= 0.3 is 0 Å². The summed E-state index contributed by atoms with van der Waals surface area (Å²) < 4.78 is 34.6. The monoisotopic (exact) mass is 432 g/mol.